The Hall–Kier alpha value is -1.10. The first-order valence-electron chi connectivity index (χ1n) is 3.72. The molecule has 1 aliphatic heterocycles. The molecule has 1 aliphatic rings. The van der Waals surface area contributed by atoms with Crippen molar-refractivity contribution in [3.8, 4) is 0 Å². The molecule has 0 aromatic carbocycles. The number of hydrogen-bond donors (Lipinski definition) is 2. The molecular formula is C7H11NO4. The molecule has 0 aromatic heterocycles. The van der Waals surface area contributed by atoms with Crippen molar-refractivity contribution in [1.82, 2.24) is 4.90 Å². The fourth-order valence-electron chi connectivity index (χ4n) is 1.01. The number of aliphatic hydroxyl groups excluding tert-OH is 1. The summed E-state index contributed by atoms with van der Waals surface area (Å²) < 4.78 is 0. The molecule has 68 valence electrons. The second-order valence-electron chi connectivity index (χ2n) is 2.96. The summed E-state index contributed by atoms with van der Waals surface area (Å²) in [4.78, 5) is 22.8. The molecule has 5 nitrogen and oxygen atoms in total. The van der Waals surface area contributed by atoms with Crippen molar-refractivity contribution in [1.29, 1.82) is 0 Å². The monoisotopic (exact) mass is 173 g/mol. The SMILES string of the molecule is CC(C(=O)O)C(=O)N1CC(O)C1. The van der Waals surface area contributed by atoms with E-state index < -0.39 is 23.9 Å². The zero-order chi connectivity index (χ0) is 9.30. The number of likely N-dealkylation sites (tertiary alicyclic amines) is 1. The minimum atomic E-state index is -1.12. The highest BCUT2D eigenvalue weighted by Crippen LogP contribution is 2.12. The lowest BCUT2D eigenvalue weighted by Gasteiger charge is -2.36. The second-order valence-corrected chi connectivity index (χ2v) is 2.96. The molecular weight excluding hydrogens is 162 g/mol. The largest absolute Gasteiger partial charge is 0.481 e. The van der Waals surface area contributed by atoms with Crippen molar-refractivity contribution in [3.63, 3.8) is 0 Å². The molecule has 1 heterocycles. The van der Waals surface area contributed by atoms with Gasteiger partial charge in [-0.25, -0.2) is 0 Å². The molecule has 0 aromatic rings. The van der Waals surface area contributed by atoms with Crippen molar-refractivity contribution in [2.75, 3.05) is 13.1 Å². The summed E-state index contributed by atoms with van der Waals surface area (Å²) >= 11 is 0. The van der Waals surface area contributed by atoms with Gasteiger partial charge in [-0.15, -0.1) is 0 Å². The van der Waals surface area contributed by atoms with Gasteiger partial charge in [0.25, 0.3) is 0 Å². The second kappa shape index (κ2) is 3.10. The van der Waals surface area contributed by atoms with Crippen LogP contribution in [0.3, 0.4) is 0 Å². The summed E-state index contributed by atoms with van der Waals surface area (Å²) in [5.41, 5.74) is 0. The smallest absolute Gasteiger partial charge is 0.315 e. The van der Waals surface area contributed by atoms with Gasteiger partial charge < -0.3 is 15.1 Å². The van der Waals surface area contributed by atoms with Gasteiger partial charge in [0.1, 0.15) is 5.92 Å². The molecule has 0 saturated carbocycles. The van der Waals surface area contributed by atoms with Crippen LogP contribution < -0.4 is 0 Å². The molecule has 2 N–H and O–H groups in total. The number of rotatable bonds is 2. The Morgan fingerprint density at radius 3 is 2.33 bits per heavy atom. The standard InChI is InChI=1S/C7H11NO4/c1-4(7(11)12)6(10)8-2-5(9)3-8/h4-5,9H,2-3H2,1H3,(H,11,12). The summed E-state index contributed by atoms with van der Waals surface area (Å²) in [6, 6.07) is 0. The highest BCUT2D eigenvalue weighted by molar-refractivity contribution is 5.96. The van der Waals surface area contributed by atoms with Gasteiger partial charge in [-0.2, -0.15) is 0 Å². The summed E-state index contributed by atoms with van der Waals surface area (Å²) in [7, 11) is 0. The Labute approximate surface area is 69.6 Å². The topological polar surface area (TPSA) is 77.8 Å². The molecule has 1 saturated heterocycles. The Kier molecular flexibility index (Phi) is 2.32. The molecule has 1 atom stereocenters. The number of carbonyl (C=O) groups excluding carboxylic acids is 1. The predicted octanol–water partition coefficient (Wildman–Crippen LogP) is -1.09. The van der Waals surface area contributed by atoms with Gasteiger partial charge in [-0.3, -0.25) is 9.59 Å². The Morgan fingerprint density at radius 1 is 1.50 bits per heavy atom. The molecule has 0 spiro atoms. The van der Waals surface area contributed by atoms with Crippen LogP contribution in [-0.4, -0.2) is 46.2 Å². The van der Waals surface area contributed by atoms with Crippen LogP contribution in [0, 0.1) is 5.92 Å². The lowest BCUT2D eigenvalue weighted by atomic mass is 10.1. The van der Waals surface area contributed by atoms with Crippen LogP contribution in [-0.2, 0) is 9.59 Å². The molecule has 1 rings (SSSR count). The van der Waals surface area contributed by atoms with Crippen LogP contribution in [0.4, 0.5) is 0 Å². The molecule has 5 heteroatoms. The van der Waals surface area contributed by atoms with Crippen molar-refractivity contribution >= 4 is 11.9 Å². The number of carboxylic acid groups (broad SMARTS) is 1. The third-order valence-corrected chi connectivity index (χ3v) is 1.91. The van der Waals surface area contributed by atoms with Crippen molar-refractivity contribution in [2.45, 2.75) is 13.0 Å². The lowest BCUT2D eigenvalue weighted by Crippen LogP contribution is -2.55. The maximum absolute atomic E-state index is 11.1. The summed E-state index contributed by atoms with van der Waals surface area (Å²) in [6.07, 6.45) is -0.477. The summed E-state index contributed by atoms with van der Waals surface area (Å²) in [6.45, 7) is 1.86. The van der Waals surface area contributed by atoms with E-state index in [9.17, 15) is 9.59 Å². The van der Waals surface area contributed by atoms with Gasteiger partial charge in [0.05, 0.1) is 6.10 Å². The first kappa shape index (κ1) is 8.99. The van der Waals surface area contributed by atoms with E-state index >= 15 is 0 Å². The van der Waals surface area contributed by atoms with Crippen LogP contribution in [0.15, 0.2) is 0 Å². The molecule has 0 aliphatic carbocycles. The zero-order valence-electron chi connectivity index (χ0n) is 6.73. The van der Waals surface area contributed by atoms with E-state index in [1.54, 1.807) is 0 Å². The average molecular weight is 173 g/mol. The normalized spacial score (nSPS) is 20.0. The van der Waals surface area contributed by atoms with Crippen molar-refractivity contribution in [3.05, 3.63) is 0 Å². The molecule has 0 radical (unpaired) electrons. The maximum atomic E-state index is 11.1. The molecule has 1 fully saturated rings. The van der Waals surface area contributed by atoms with Gasteiger partial charge in [0, 0.05) is 13.1 Å². The van der Waals surface area contributed by atoms with E-state index in [1.807, 2.05) is 0 Å². The van der Waals surface area contributed by atoms with E-state index in [4.69, 9.17) is 10.2 Å². The number of nitrogens with zero attached hydrogens (tertiary/aromatic N) is 1. The fourth-order valence-corrected chi connectivity index (χ4v) is 1.01. The van der Waals surface area contributed by atoms with E-state index in [0.717, 1.165) is 0 Å². The number of aliphatic carboxylic acids is 1. The van der Waals surface area contributed by atoms with Crippen molar-refractivity contribution in [2.24, 2.45) is 5.92 Å². The highest BCUT2D eigenvalue weighted by Gasteiger charge is 2.34. The van der Waals surface area contributed by atoms with Gasteiger partial charge in [-0.05, 0) is 6.92 Å². The quantitative estimate of drug-likeness (QED) is 0.520. The molecule has 12 heavy (non-hydrogen) atoms. The van der Waals surface area contributed by atoms with Gasteiger partial charge >= 0.3 is 5.97 Å². The summed E-state index contributed by atoms with van der Waals surface area (Å²) in [5, 5.41) is 17.3. The van der Waals surface area contributed by atoms with Crippen LogP contribution in [0.25, 0.3) is 0 Å². The van der Waals surface area contributed by atoms with E-state index in [2.05, 4.69) is 0 Å². The zero-order valence-corrected chi connectivity index (χ0v) is 6.73. The Morgan fingerprint density at radius 2 is 2.00 bits per heavy atom. The van der Waals surface area contributed by atoms with E-state index in [-0.39, 0.29) is 13.1 Å². The minimum absolute atomic E-state index is 0.260. The Balaban J connectivity index is 2.43. The number of carboxylic acids is 1. The van der Waals surface area contributed by atoms with Gasteiger partial charge in [0.15, 0.2) is 0 Å². The van der Waals surface area contributed by atoms with Gasteiger partial charge in [-0.1, -0.05) is 0 Å². The molecule has 0 bridgehead atoms. The number of β-amino-alcohol motifs (C(OH)–C–C–N with tert-alkyl or cyclic N) is 1. The predicted molar refractivity (Wildman–Crippen MR) is 39.4 cm³/mol. The minimum Gasteiger partial charge on any atom is -0.481 e. The number of carbonyl (C=O) groups is 2. The van der Waals surface area contributed by atoms with Crippen LogP contribution in [0.5, 0.6) is 0 Å². The summed E-state index contributed by atoms with van der Waals surface area (Å²) in [5.74, 6) is -2.55. The number of aliphatic hydroxyl groups is 1. The van der Waals surface area contributed by atoms with Gasteiger partial charge in [0.2, 0.25) is 5.91 Å². The first-order chi connectivity index (χ1) is 5.52. The fraction of sp³-hybridized carbons (Fsp3) is 0.714. The maximum Gasteiger partial charge on any atom is 0.315 e. The van der Waals surface area contributed by atoms with E-state index in [1.165, 1.54) is 11.8 Å². The number of amides is 1. The highest BCUT2D eigenvalue weighted by atomic mass is 16.4. The average Bonchev–Trinajstić information content (AvgIpc) is 1.95. The molecule has 1 unspecified atom stereocenters. The number of hydrogen-bond acceptors (Lipinski definition) is 3. The van der Waals surface area contributed by atoms with Crippen LogP contribution in [0.1, 0.15) is 6.92 Å². The lowest BCUT2D eigenvalue weighted by molar-refractivity contribution is -0.155. The molecule has 1 amide bonds. The third kappa shape index (κ3) is 1.55. The van der Waals surface area contributed by atoms with Crippen molar-refractivity contribution < 1.29 is 19.8 Å². The first-order valence-corrected chi connectivity index (χ1v) is 3.72. The van der Waals surface area contributed by atoms with E-state index in [0.29, 0.717) is 0 Å². The Bertz CT molecular complexity index is 209. The van der Waals surface area contributed by atoms with Crippen LogP contribution in [0.2, 0.25) is 0 Å². The van der Waals surface area contributed by atoms with Crippen LogP contribution >= 0.6 is 0 Å². The third-order valence-electron chi connectivity index (χ3n) is 1.91.